The third-order valence-corrected chi connectivity index (χ3v) is 3.92. The smallest absolute Gasteiger partial charge is 0.296 e. The summed E-state index contributed by atoms with van der Waals surface area (Å²) >= 11 is 0.556. The maximum Gasteiger partial charge on any atom is 0.393 e. The van der Waals surface area contributed by atoms with Crippen LogP contribution < -0.4 is 5.32 Å². The molecule has 1 N–H and O–H groups in total. The summed E-state index contributed by atoms with van der Waals surface area (Å²) in [6.45, 7) is 0. The Labute approximate surface area is 144 Å². The maximum atomic E-state index is 13.5. The largest absolute Gasteiger partial charge is 0.393 e. The molecule has 12 heteroatoms. The lowest BCUT2D eigenvalue weighted by Crippen LogP contribution is -2.61. The highest BCUT2D eigenvalue weighted by molar-refractivity contribution is 7.14. The van der Waals surface area contributed by atoms with Crippen molar-refractivity contribution in [1.29, 1.82) is 0 Å². The van der Waals surface area contributed by atoms with E-state index in [1.807, 2.05) is 0 Å². The van der Waals surface area contributed by atoms with Crippen LogP contribution in [0.25, 0.3) is 11.3 Å². The number of anilines is 1. The number of hydrogen-bond acceptors (Lipinski definition) is 3. The van der Waals surface area contributed by atoms with E-state index >= 15 is 0 Å². The Bertz CT molecular complexity index is 778. The topological polar surface area (TPSA) is 42.0 Å². The quantitative estimate of drug-likeness (QED) is 0.695. The van der Waals surface area contributed by atoms with E-state index < -0.39 is 35.2 Å². The van der Waals surface area contributed by atoms with Gasteiger partial charge in [0.15, 0.2) is 5.13 Å². The van der Waals surface area contributed by atoms with Crippen LogP contribution in [0.15, 0.2) is 35.7 Å². The summed E-state index contributed by atoms with van der Waals surface area (Å²) < 4.78 is 103. The first-order chi connectivity index (χ1) is 11.9. The number of alkyl halides is 8. The molecule has 0 unspecified atom stereocenters. The summed E-state index contributed by atoms with van der Waals surface area (Å²) in [6.07, 6.45) is -5.10. The second-order valence-corrected chi connectivity index (χ2v) is 5.79. The molecule has 0 saturated heterocycles. The first-order valence-electron chi connectivity index (χ1n) is 6.65. The van der Waals surface area contributed by atoms with Gasteiger partial charge < -0.3 is 0 Å². The molecule has 0 aliphatic rings. The van der Waals surface area contributed by atoms with Gasteiger partial charge in [0.1, 0.15) is 0 Å². The van der Waals surface area contributed by atoms with Crippen LogP contribution in [0.4, 0.5) is 40.3 Å². The molecule has 2 rings (SSSR count). The van der Waals surface area contributed by atoms with Crippen molar-refractivity contribution in [3.05, 3.63) is 35.7 Å². The SMILES string of the molecule is O=C(Nc1nc(-c2ccccc2)cs1)C(F)(F)C(F)(F)C(F)(F)C(F)F. The predicted octanol–water partition coefficient (Wildman–Crippen LogP) is 4.92. The van der Waals surface area contributed by atoms with Crippen molar-refractivity contribution >= 4 is 22.4 Å². The van der Waals surface area contributed by atoms with E-state index in [0.717, 1.165) is 0 Å². The van der Waals surface area contributed by atoms with Crippen LogP contribution in [0, 0.1) is 0 Å². The van der Waals surface area contributed by atoms with E-state index in [4.69, 9.17) is 0 Å². The lowest BCUT2D eigenvalue weighted by atomic mass is 10.0. The molecule has 0 aliphatic carbocycles. The summed E-state index contributed by atoms with van der Waals surface area (Å²) in [7, 11) is 0. The van der Waals surface area contributed by atoms with Crippen LogP contribution in [0.1, 0.15) is 0 Å². The number of amides is 1. The molecule has 1 aromatic carbocycles. The van der Waals surface area contributed by atoms with E-state index in [-0.39, 0.29) is 5.69 Å². The molecule has 0 fully saturated rings. The van der Waals surface area contributed by atoms with Crippen molar-refractivity contribution in [2.75, 3.05) is 5.32 Å². The van der Waals surface area contributed by atoms with Gasteiger partial charge in [0.2, 0.25) is 0 Å². The van der Waals surface area contributed by atoms with Crippen LogP contribution in [-0.2, 0) is 4.79 Å². The van der Waals surface area contributed by atoms with Gasteiger partial charge in [-0.15, -0.1) is 11.3 Å². The average molecular weight is 404 g/mol. The number of carbonyl (C=O) groups is 1. The maximum absolute atomic E-state index is 13.5. The minimum absolute atomic E-state index is 0.193. The standard InChI is InChI=1S/C14H8F8N2OS/c15-9(16)12(17,18)14(21,22)13(19,20)10(25)24-11-23-8(6-26-11)7-4-2-1-3-5-7/h1-6,9H,(H,23,24,25). The lowest BCUT2D eigenvalue weighted by Gasteiger charge is -2.30. The minimum atomic E-state index is -6.61. The lowest BCUT2D eigenvalue weighted by molar-refractivity contribution is -0.326. The van der Waals surface area contributed by atoms with Crippen LogP contribution in [0.5, 0.6) is 0 Å². The molecule has 0 spiro atoms. The Morgan fingerprint density at radius 3 is 2.15 bits per heavy atom. The molecule has 0 bridgehead atoms. The number of nitrogens with zero attached hydrogens (tertiary/aromatic N) is 1. The number of halogens is 8. The molecule has 0 aliphatic heterocycles. The highest BCUT2D eigenvalue weighted by Gasteiger charge is 2.78. The minimum Gasteiger partial charge on any atom is -0.296 e. The molecule has 1 amide bonds. The number of benzene rings is 1. The molecule has 1 heterocycles. The van der Waals surface area contributed by atoms with Crippen molar-refractivity contribution in [2.45, 2.75) is 24.2 Å². The van der Waals surface area contributed by atoms with E-state index in [2.05, 4.69) is 4.98 Å². The van der Waals surface area contributed by atoms with Crippen molar-refractivity contribution in [1.82, 2.24) is 4.98 Å². The third kappa shape index (κ3) is 3.37. The van der Waals surface area contributed by atoms with Crippen LogP contribution >= 0.6 is 11.3 Å². The molecule has 3 nitrogen and oxygen atoms in total. The summed E-state index contributed by atoms with van der Waals surface area (Å²) in [5.74, 6) is -22.0. The average Bonchev–Trinajstić information content (AvgIpc) is 3.03. The monoisotopic (exact) mass is 404 g/mol. The predicted molar refractivity (Wildman–Crippen MR) is 77.0 cm³/mol. The van der Waals surface area contributed by atoms with Crippen molar-refractivity contribution in [2.24, 2.45) is 0 Å². The molecular formula is C14H8F8N2OS. The van der Waals surface area contributed by atoms with Gasteiger partial charge in [0.25, 0.3) is 0 Å². The fraction of sp³-hybridized carbons (Fsp3) is 0.286. The van der Waals surface area contributed by atoms with Gasteiger partial charge in [-0.25, -0.2) is 13.8 Å². The molecule has 2 aromatic rings. The fourth-order valence-electron chi connectivity index (χ4n) is 1.74. The molecule has 1 aromatic heterocycles. The van der Waals surface area contributed by atoms with Gasteiger partial charge in [-0.1, -0.05) is 30.3 Å². The zero-order chi connectivity index (χ0) is 19.8. The van der Waals surface area contributed by atoms with Gasteiger partial charge in [0, 0.05) is 10.9 Å². The van der Waals surface area contributed by atoms with E-state index in [9.17, 15) is 39.9 Å². The fourth-order valence-corrected chi connectivity index (χ4v) is 2.45. The van der Waals surface area contributed by atoms with Gasteiger partial charge in [-0.3, -0.25) is 10.1 Å². The summed E-state index contributed by atoms with van der Waals surface area (Å²) in [6, 6.07) is 8.06. The van der Waals surface area contributed by atoms with Crippen LogP contribution in [-0.4, -0.2) is 35.1 Å². The zero-order valence-corrected chi connectivity index (χ0v) is 13.1. The Morgan fingerprint density at radius 2 is 1.62 bits per heavy atom. The highest BCUT2D eigenvalue weighted by Crippen LogP contribution is 2.48. The second kappa shape index (κ2) is 6.82. The van der Waals surface area contributed by atoms with E-state index in [1.165, 1.54) is 10.7 Å². The van der Waals surface area contributed by atoms with Gasteiger partial charge in [-0.05, 0) is 0 Å². The Morgan fingerprint density at radius 1 is 1.04 bits per heavy atom. The second-order valence-electron chi connectivity index (χ2n) is 4.93. The van der Waals surface area contributed by atoms with E-state index in [1.54, 1.807) is 30.3 Å². The zero-order valence-electron chi connectivity index (χ0n) is 12.3. The van der Waals surface area contributed by atoms with Gasteiger partial charge in [0.05, 0.1) is 5.69 Å². The van der Waals surface area contributed by atoms with Crippen LogP contribution in [0.3, 0.4) is 0 Å². The van der Waals surface area contributed by atoms with Gasteiger partial charge >= 0.3 is 30.1 Å². The van der Waals surface area contributed by atoms with Crippen molar-refractivity contribution in [3.8, 4) is 11.3 Å². The third-order valence-electron chi connectivity index (χ3n) is 3.17. The van der Waals surface area contributed by atoms with Gasteiger partial charge in [-0.2, -0.15) is 26.3 Å². The number of thiazole rings is 1. The van der Waals surface area contributed by atoms with Crippen molar-refractivity contribution in [3.63, 3.8) is 0 Å². The highest BCUT2D eigenvalue weighted by atomic mass is 32.1. The number of aromatic nitrogens is 1. The Hall–Kier alpha value is -2.24. The Balaban J connectivity index is 2.22. The van der Waals surface area contributed by atoms with Crippen molar-refractivity contribution < 1.29 is 39.9 Å². The number of rotatable bonds is 6. The summed E-state index contributed by atoms with van der Waals surface area (Å²) in [5.41, 5.74) is 0.699. The molecule has 142 valence electrons. The molecule has 0 saturated carbocycles. The summed E-state index contributed by atoms with van der Waals surface area (Å²) in [4.78, 5) is 15.0. The number of nitrogens with one attached hydrogen (secondary N) is 1. The first kappa shape index (κ1) is 20.1. The molecular weight excluding hydrogens is 396 g/mol. The number of hydrogen-bond donors (Lipinski definition) is 1. The molecule has 0 atom stereocenters. The Kier molecular flexibility index (Phi) is 5.26. The summed E-state index contributed by atoms with van der Waals surface area (Å²) in [5, 5.41) is 1.94. The van der Waals surface area contributed by atoms with E-state index in [0.29, 0.717) is 16.9 Å². The normalized spacial score (nSPS) is 13.1. The van der Waals surface area contributed by atoms with Crippen LogP contribution in [0.2, 0.25) is 0 Å². The molecule has 0 radical (unpaired) electrons. The first-order valence-corrected chi connectivity index (χ1v) is 7.53. The number of carbonyl (C=O) groups excluding carboxylic acids is 1. The molecule has 26 heavy (non-hydrogen) atoms.